The van der Waals surface area contributed by atoms with E-state index in [1.807, 2.05) is 30.5 Å². The third-order valence-corrected chi connectivity index (χ3v) is 2.67. The molecule has 0 amide bonds. The number of aromatic nitrogens is 1. The topological polar surface area (TPSA) is 38.1 Å². The molecule has 2 heterocycles. The molecule has 0 unspecified atom stereocenters. The van der Waals surface area contributed by atoms with E-state index >= 15 is 0 Å². The maximum Gasteiger partial charge on any atom is 0.133 e. The number of anilines is 1. The number of benzene rings is 1. The second-order valence-corrected chi connectivity index (χ2v) is 3.89. The van der Waals surface area contributed by atoms with Crippen LogP contribution in [0.2, 0.25) is 0 Å². The molecular weight excluding hydrogens is 212 g/mol. The maximum atomic E-state index is 5.31. The first-order valence-electron chi connectivity index (χ1n) is 5.52. The summed E-state index contributed by atoms with van der Waals surface area (Å²) in [6.45, 7) is 0.785. The van der Waals surface area contributed by atoms with Crippen molar-refractivity contribution in [1.82, 2.24) is 4.98 Å². The van der Waals surface area contributed by atoms with Crippen molar-refractivity contribution in [3.05, 3.63) is 60.6 Å². The highest BCUT2D eigenvalue weighted by Crippen LogP contribution is 2.17. The smallest absolute Gasteiger partial charge is 0.133 e. The van der Waals surface area contributed by atoms with Crippen LogP contribution in [-0.4, -0.2) is 4.98 Å². The van der Waals surface area contributed by atoms with E-state index in [0.717, 1.165) is 23.2 Å². The fraction of sp³-hybridized carbons (Fsp3) is 0.0714. The zero-order chi connectivity index (χ0) is 11.5. The van der Waals surface area contributed by atoms with Gasteiger partial charge in [-0.25, -0.2) is 0 Å². The molecule has 3 aromatic rings. The highest BCUT2D eigenvalue weighted by molar-refractivity contribution is 5.77. The van der Waals surface area contributed by atoms with E-state index in [0.29, 0.717) is 0 Å². The van der Waals surface area contributed by atoms with Gasteiger partial charge in [0.1, 0.15) is 5.58 Å². The van der Waals surface area contributed by atoms with E-state index in [1.165, 1.54) is 5.56 Å². The molecule has 17 heavy (non-hydrogen) atoms. The van der Waals surface area contributed by atoms with Gasteiger partial charge in [-0.2, -0.15) is 0 Å². The molecule has 0 spiro atoms. The molecule has 0 bridgehead atoms. The second-order valence-electron chi connectivity index (χ2n) is 3.89. The number of nitrogens with zero attached hydrogens (tertiary/aromatic N) is 1. The molecule has 0 aliphatic carbocycles. The van der Waals surface area contributed by atoms with Crippen molar-refractivity contribution in [2.24, 2.45) is 0 Å². The third kappa shape index (κ3) is 2.13. The van der Waals surface area contributed by atoms with Crippen molar-refractivity contribution in [3.8, 4) is 0 Å². The minimum absolute atomic E-state index is 0.785. The Morgan fingerprint density at radius 3 is 3.06 bits per heavy atom. The number of furan rings is 1. The molecule has 1 aromatic carbocycles. The monoisotopic (exact) mass is 224 g/mol. The zero-order valence-corrected chi connectivity index (χ0v) is 9.26. The summed E-state index contributed by atoms with van der Waals surface area (Å²) in [5.41, 5.74) is 3.18. The summed E-state index contributed by atoms with van der Waals surface area (Å²) in [5, 5.41) is 4.46. The fourth-order valence-electron chi connectivity index (χ4n) is 1.80. The quantitative estimate of drug-likeness (QED) is 0.740. The van der Waals surface area contributed by atoms with E-state index < -0.39 is 0 Å². The number of fused-ring (bicyclic) bond motifs is 1. The van der Waals surface area contributed by atoms with Gasteiger partial charge in [0.15, 0.2) is 0 Å². The molecule has 0 atom stereocenters. The predicted molar refractivity (Wildman–Crippen MR) is 67.8 cm³/mol. The van der Waals surface area contributed by atoms with Crippen LogP contribution < -0.4 is 5.32 Å². The number of hydrogen-bond acceptors (Lipinski definition) is 3. The van der Waals surface area contributed by atoms with Crippen LogP contribution in [0.1, 0.15) is 5.56 Å². The zero-order valence-electron chi connectivity index (χ0n) is 9.26. The van der Waals surface area contributed by atoms with Gasteiger partial charge in [0.25, 0.3) is 0 Å². The summed E-state index contributed by atoms with van der Waals surface area (Å²) >= 11 is 0. The van der Waals surface area contributed by atoms with Gasteiger partial charge < -0.3 is 9.73 Å². The van der Waals surface area contributed by atoms with E-state index in [-0.39, 0.29) is 0 Å². The Balaban J connectivity index is 1.76. The Bertz CT molecular complexity index is 616. The van der Waals surface area contributed by atoms with Gasteiger partial charge in [0, 0.05) is 24.3 Å². The molecule has 0 radical (unpaired) electrons. The van der Waals surface area contributed by atoms with Gasteiger partial charge in [-0.15, -0.1) is 0 Å². The summed E-state index contributed by atoms with van der Waals surface area (Å²) in [5.74, 6) is 0. The lowest BCUT2D eigenvalue weighted by molar-refractivity contribution is 0.616. The van der Waals surface area contributed by atoms with Gasteiger partial charge in [-0.1, -0.05) is 6.07 Å². The average Bonchev–Trinajstić information content (AvgIpc) is 2.85. The van der Waals surface area contributed by atoms with E-state index in [1.54, 1.807) is 12.5 Å². The van der Waals surface area contributed by atoms with Gasteiger partial charge in [-0.05, 0) is 35.9 Å². The van der Waals surface area contributed by atoms with Crippen molar-refractivity contribution < 1.29 is 4.42 Å². The van der Waals surface area contributed by atoms with Crippen LogP contribution in [0.5, 0.6) is 0 Å². The Morgan fingerprint density at radius 1 is 1.18 bits per heavy atom. The minimum Gasteiger partial charge on any atom is -0.464 e. The second kappa shape index (κ2) is 4.29. The van der Waals surface area contributed by atoms with Crippen LogP contribution in [0, 0.1) is 0 Å². The predicted octanol–water partition coefficient (Wildman–Crippen LogP) is 3.44. The highest BCUT2D eigenvalue weighted by atomic mass is 16.3. The Labute approximate surface area is 99.1 Å². The lowest BCUT2D eigenvalue weighted by Crippen LogP contribution is -1.99. The van der Waals surface area contributed by atoms with Crippen LogP contribution in [0.15, 0.2) is 59.5 Å². The molecule has 0 saturated heterocycles. The lowest BCUT2D eigenvalue weighted by atomic mass is 10.1. The third-order valence-electron chi connectivity index (χ3n) is 2.67. The van der Waals surface area contributed by atoms with Crippen LogP contribution >= 0.6 is 0 Å². The summed E-state index contributed by atoms with van der Waals surface area (Å²) in [4.78, 5) is 4.06. The van der Waals surface area contributed by atoms with Crippen LogP contribution in [0.25, 0.3) is 11.0 Å². The van der Waals surface area contributed by atoms with E-state index in [9.17, 15) is 0 Å². The summed E-state index contributed by atoms with van der Waals surface area (Å²) in [6.07, 6.45) is 5.29. The van der Waals surface area contributed by atoms with Gasteiger partial charge in [0.05, 0.1) is 12.0 Å². The van der Waals surface area contributed by atoms with Gasteiger partial charge in [0.2, 0.25) is 0 Å². The number of hydrogen-bond donors (Lipinski definition) is 1. The molecule has 84 valence electrons. The molecule has 0 fully saturated rings. The highest BCUT2D eigenvalue weighted by Gasteiger charge is 1.99. The summed E-state index contributed by atoms with van der Waals surface area (Å²) < 4.78 is 5.31. The standard InChI is InChI=1S/C14H12N2O/c1-2-13(10-15-6-1)16-9-11-3-4-14-12(8-11)5-7-17-14/h1-8,10,16H,9H2. The normalized spacial score (nSPS) is 10.6. The van der Waals surface area contributed by atoms with Crippen molar-refractivity contribution in [2.75, 3.05) is 5.32 Å². The minimum atomic E-state index is 0.785. The fourth-order valence-corrected chi connectivity index (χ4v) is 1.80. The first kappa shape index (κ1) is 9.90. The molecule has 0 saturated carbocycles. The Morgan fingerprint density at radius 2 is 2.18 bits per heavy atom. The van der Waals surface area contributed by atoms with Crippen molar-refractivity contribution in [2.45, 2.75) is 6.54 Å². The van der Waals surface area contributed by atoms with Crippen molar-refractivity contribution in [1.29, 1.82) is 0 Å². The van der Waals surface area contributed by atoms with E-state index in [4.69, 9.17) is 4.42 Å². The Kier molecular flexibility index (Phi) is 2.50. The molecule has 3 heteroatoms. The van der Waals surface area contributed by atoms with Gasteiger partial charge >= 0.3 is 0 Å². The molecule has 0 aliphatic heterocycles. The molecule has 2 aromatic heterocycles. The number of rotatable bonds is 3. The van der Waals surface area contributed by atoms with E-state index in [2.05, 4.69) is 22.4 Å². The Hall–Kier alpha value is -2.29. The van der Waals surface area contributed by atoms with Crippen LogP contribution in [-0.2, 0) is 6.54 Å². The largest absolute Gasteiger partial charge is 0.464 e. The van der Waals surface area contributed by atoms with Crippen LogP contribution in [0.3, 0.4) is 0 Å². The van der Waals surface area contributed by atoms with Crippen LogP contribution in [0.4, 0.5) is 5.69 Å². The maximum absolute atomic E-state index is 5.31. The summed E-state index contributed by atoms with van der Waals surface area (Å²) in [6, 6.07) is 12.1. The lowest BCUT2D eigenvalue weighted by Gasteiger charge is -2.05. The SMILES string of the molecule is c1cncc(NCc2ccc3occc3c2)c1. The average molecular weight is 224 g/mol. The molecular formula is C14H12N2O. The molecule has 3 rings (SSSR count). The molecule has 0 aliphatic rings. The first-order chi connectivity index (χ1) is 8.42. The first-order valence-corrected chi connectivity index (χ1v) is 5.52. The van der Waals surface area contributed by atoms with Crippen molar-refractivity contribution >= 4 is 16.7 Å². The number of pyridine rings is 1. The summed E-state index contributed by atoms with van der Waals surface area (Å²) in [7, 11) is 0. The van der Waals surface area contributed by atoms with Gasteiger partial charge in [-0.3, -0.25) is 4.98 Å². The number of nitrogens with one attached hydrogen (secondary N) is 1. The van der Waals surface area contributed by atoms with Crippen molar-refractivity contribution in [3.63, 3.8) is 0 Å². The molecule has 3 nitrogen and oxygen atoms in total. The molecule has 1 N–H and O–H groups in total.